The minimum Gasteiger partial charge on any atom is -0.342 e. The van der Waals surface area contributed by atoms with Crippen molar-refractivity contribution in [2.24, 2.45) is 0 Å². The lowest BCUT2D eigenvalue weighted by molar-refractivity contribution is 0.0937. The second-order valence-electron chi connectivity index (χ2n) is 5.59. The van der Waals surface area contributed by atoms with Crippen molar-refractivity contribution >= 4 is 5.91 Å². The number of hydrogen-bond donors (Lipinski definition) is 1. The maximum atomic E-state index is 12.4. The molecular formula is C17H19N7O. The molecule has 0 aliphatic heterocycles. The van der Waals surface area contributed by atoms with Crippen LogP contribution in [0, 0.1) is 0 Å². The Kier molecular flexibility index (Phi) is 5.08. The summed E-state index contributed by atoms with van der Waals surface area (Å²) in [6.07, 6.45) is 7.31. The normalized spacial score (nSPS) is 11.9. The molecule has 128 valence electrons. The second-order valence-corrected chi connectivity index (χ2v) is 5.59. The van der Waals surface area contributed by atoms with Gasteiger partial charge >= 0.3 is 0 Å². The highest BCUT2D eigenvalue weighted by molar-refractivity contribution is 5.93. The first-order valence-electron chi connectivity index (χ1n) is 8.11. The van der Waals surface area contributed by atoms with Crippen LogP contribution in [-0.4, -0.2) is 35.6 Å². The molecule has 3 rings (SSSR count). The SMILES string of the molecule is CCCn1cnnc1[C@H](C)NC(=O)c1cnc(-c2ccccn2)nc1. The fraction of sp³-hybridized carbons (Fsp3) is 0.294. The number of nitrogens with zero attached hydrogens (tertiary/aromatic N) is 6. The maximum absolute atomic E-state index is 12.4. The molecule has 1 amide bonds. The van der Waals surface area contributed by atoms with Crippen LogP contribution < -0.4 is 5.32 Å². The molecule has 0 saturated carbocycles. The predicted octanol–water partition coefficient (Wildman–Crippen LogP) is 2.03. The molecule has 1 atom stereocenters. The quantitative estimate of drug-likeness (QED) is 0.739. The van der Waals surface area contributed by atoms with E-state index in [1.165, 1.54) is 12.4 Å². The molecule has 0 fully saturated rings. The van der Waals surface area contributed by atoms with Crippen LogP contribution >= 0.6 is 0 Å². The van der Waals surface area contributed by atoms with E-state index in [4.69, 9.17) is 0 Å². The lowest BCUT2D eigenvalue weighted by Gasteiger charge is -2.14. The Hall–Kier alpha value is -3.16. The highest BCUT2D eigenvalue weighted by Crippen LogP contribution is 2.12. The van der Waals surface area contributed by atoms with Crippen LogP contribution in [0.4, 0.5) is 0 Å². The molecule has 3 heterocycles. The van der Waals surface area contributed by atoms with Gasteiger partial charge in [-0.1, -0.05) is 13.0 Å². The molecule has 0 spiro atoms. The standard InChI is InChI=1S/C17H19N7O/c1-3-8-24-11-21-23-16(24)12(2)22-17(25)13-9-19-15(20-10-13)14-6-4-5-7-18-14/h4-7,9-12H,3,8H2,1-2H3,(H,22,25)/t12-/m0/s1. The molecule has 0 aliphatic rings. The highest BCUT2D eigenvalue weighted by Gasteiger charge is 2.17. The van der Waals surface area contributed by atoms with E-state index in [9.17, 15) is 4.79 Å². The summed E-state index contributed by atoms with van der Waals surface area (Å²) in [7, 11) is 0. The average molecular weight is 337 g/mol. The minimum atomic E-state index is -0.267. The number of aryl methyl sites for hydroxylation is 1. The van der Waals surface area contributed by atoms with Crippen molar-refractivity contribution in [3.63, 3.8) is 0 Å². The number of rotatable bonds is 6. The molecule has 3 aromatic rings. The molecule has 25 heavy (non-hydrogen) atoms. The molecule has 0 unspecified atom stereocenters. The lowest BCUT2D eigenvalue weighted by atomic mass is 10.2. The molecule has 0 bridgehead atoms. The third-order valence-corrected chi connectivity index (χ3v) is 3.65. The van der Waals surface area contributed by atoms with Gasteiger partial charge < -0.3 is 9.88 Å². The van der Waals surface area contributed by atoms with Gasteiger partial charge in [0.1, 0.15) is 12.0 Å². The van der Waals surface area contributed by atoms with Gasteiger partial charge in [0.25, 0.3) is 5.91 Å². The van der Waals surface area contributed by atoms with Crippen molar-refractivity contribution in [3.05, 3.63) is 54.5 Å². The molecule has 0 aliphatic carbocycles. The number of nitrogens with one attached hydrogen (secondary N) is 1. The Bertz CT molecular complexity index is 830. The van der Waals surface area contributed by atoms with Crippen molar-refractivity contribution in [1.82, 2.24) is 35.0 Å². The van der Waals surface area contributed by atoms with E-state index < -0.39 is 0 Å². The van der Waals surface area contributed by atoms with E-state index in [2.05, 4.69) is 37.4 Å². The van der Waals surface area contributed by atoms with Crippen molar-refractivity contribution < 1.29 is 4.79 Å². The van der Waals surface area contributed by atoms with Gasteiger partial charge in [0.2, 0.25) is 0 Å². The van der Waals surface area contributed by atoms with Crippen molar-refractivity contribution in [2.45, 2.75) is 32.9 Å². The van der Waals surface area contributed by atoms with Crippen molar-refractivity contribution in [3.8, 4) is 11.5 Å². The van der Waals surface area contributed by atoms with Gasteiger partial charge in [-0.25, -0.2) is 9.97 Å². The lowest BCUT2D eigenvalue weighted by Crippen LogP contribution is -2.29. The van der Waals surface area contributed by atoms with Gasteiger partial charge in [-0.2, -0.15) is 0 Å². The van der Waals surface area contributed by atoms with Gasteiger partial charge in [0.05, 0.1) is 11.6 Å². The first-order valence-corrected chi connectivity index (χ1v) is 8.11. The third-order valence-electron chi connectivity index (χ3n) is 3.65. The number of hydrogen-bond acceptors (Lipinski definition) is 6. The molecule has 0 aromatic carbocycles. The zero-order valence-corrected chi connectivity index (χ0v) is 14.1. The monoisotopic (exact) mass is 337 g/mol. The second kappa shape index (κ2) is 7.61. The summed E-state index contributed by atoms with van der Waals surface area (Å²) in [5, 5.41) is 10.9. The first kappa shape index (κ1) is 16.7. The van der Waals surface area contributed by atoms with Gasteiger partial charge in [0, 0.05) is 25.1 Å². The highest BCUT2D eigenvalue weighted by atomic mass is 16.1. The van der Waals surface area contributed by atoms with E-state index in [0.29, 0.717) is 17.1 Å². The number of aromatic nitrogens is 6. The topological polar surface area (TPSA) is 98.5 Å². The number of pyridine rings is 1. The number of carbonyl (C=O) groups excluding carboxylic acids is 1. The maximum Gasteiger partial charge on any atom is 0.254 e. The molecule has 8 heteroatoms. The summed E-state index contributed by atoms with van der Waals surface area (Å²) < 4.78 is 1.94. The van der Waals surface area contributed by atoms with Crippen LogP contribution in [0.25, 0.3) is 11.5 Å². The van der Waals surface area contributed by atoms with Crippen LogP contribution in [0.5, 0.6) is 0 Å². The largest absolute Gasteiger partial charge is 0.342 e. The summed E-state index contributed by atoms with van der Waals surface area (Å²) in [6, 6.07) is 5.24. The van der Waals surface area contributed by atoms with E-state index in [1.54, 1.807) is 12.5 Å². The number of amides is 1. The molecule has 8 nitrogen and oxygen atoms in total. The van der Waals surface area contributed by atoms with Gasteiger partial charge in [-0.3, -0.25) is 9.78 Å². The Balaban J connectivity index is 1.70. The Morgan fingerprint density at radius 2 is 2.04 bits per heavy atom. The van der Waals surface area contributed by atoms with Gasteiger partial charge in [-0.05, 0) is 25.5 Å². The van der Waals surface area contributed by atoms with Crippen LogP contribution in [0.3, 0.4) is 0 Å². The van der Waals surface area contributed by atoms with Crippen LogP contribution in [0.1, 0.15) is 42.5 Å². The number of carbonyl (C=O) groups is 1. The van der Waals surface area contributed by atoms with E-state index in [1.807, 2.05) is 29.7 Å². The Labute approximate surface area is 145 Å². The first-order chi connectivity index (χ1) is 12.2. The predicted molar refractivity (Wildman–Crippen MR) is 91.5 cm³/mol. The summed E-state index contributed by atoms with van der Waals surface area (Å²) in [5.41, 5.74) is 1.04. The average Bonchev–Trinajstić information content (AvgIpc) is 3.11. The molecule has 0 saturated heterocycles. The van der Waals surface area contributed by atoms with Crippen LogP contribution in [-0.2, 0) is 6.54 Å². The van der Waals surface area contributed by atoms with Gasteiger partial charge in [-0.15, -0.1) is 10.2 Å². The van der Waals surface area contributed by atoms with E-state index >= 15 is 0 Å². The zero-order valence-electron chi connectivity index (χ0n) is 14.1. The summed E-state index contributed by atoms with van der Waals surface area (Å²) >= 11 is 0. The Morgan fingerprint density at radius 3 is 2.72 bits per heavy atom. The minimum absolute atomic E-state index is 0.258. The molecule has 0 radical (unpaired) electrons. The fourth-order valence-corrected chi connectivity index (χ4v) is 2.43. The van der Waals surface area contributed by atoms with Crippen molar-refractivity contribution in [1.29, 1.82) is 0 Å². The fourth-order valence-electron chi connectivity index (χ4n) is 2.43. The third kappa shape index (κ3) is 3.85. The van der Waals surface area contributed by atoms with Gasteiger partial charge in [0.15, 0.2) is 11.6 Å². The smallest absolute Gasteiger partial charge is 0.254 e. The van der Waals surface area contributed by atoms with E-state index in [-0.39, 0.29) is 11.9 Å². The van der Waals surface area contributed by atoms with Crippen LogP contribution in [0.2, 0.25) is 0 Å². The zero-order chi connectivity index (χ0) is 17.6. The van der Waals surface area contributed by atoms with E-state index in [0.717, 1.165) is 18.8 Å². The summed E-state index contributed by atoms with van der Waals surface area (Å²) in [5.74, 6) is 0.945. The molecule has 3 aromatic heterocycles. The molecular weight excluding hydrogens is 318 g/mol. The van der Waals surface area contributed by atoms with Crippen molar-refractivity contribution in [2.75, 3.05) is 0 Å². The summed E-state index contributed by atoms with van der Waals surface area (Å²) in [6.45, 7) is 4.76. The summed E-state index contributed by atoms with van der Waals surface area (Å²) in [4.78, 5) is 25.0. The Morgan fingerprint density at radius 1 is 1.24 bits per heavy atom. The molecule has 1 N–H and O–H groups in total. The van der Waals surface area contributed by atoms with Crippen LogP contribution in [0.15, 0.2) is 43.1 Å².